The zero-order chi connectivity index (χ0) is 19.0. The zero-order valence-electron chi connectivity index (χ0n) is 15.4. The molecule has 144 valence electrons. The smallest absolute Gasteiger partial charge is 0.266 e. The van der Waals surface area contributed by atoms with Gasteiger partial charge in [-0.25, -0.2) is 13.8 Å². The molecule has 2 aromatic rings. The average molecular weight is 376 g/mol. The van der Waals surface area contributed by atoms with Crippen LogP contribution >= 0.6 is 0 Å². The number of methoxy groups -OCH3 is 1. The predicted molar refractivity (Wildman–Crippen MR) is 95.7 cm³/mol. The van der Waals surface area contributed by atoms with Gasteiger partial charge in [-0.3, -0.25) is 4.98 Å². The highest BCUT2D eigenvalue weighted by Crippen LogP contribution is 2.47. The standard InChI is InChI=1S/C19H22F2N4O2/c1-12-22-9-17(25-6-5-19(20,21)11-25)18(24-12)27-10-13-7-15(13)16-4-3-14(26-2)8-23-16/h3-4,8-9,13,15H,5-7,10-11H2,1-2H3/t13-,15+/m1/s1. The Balaban J connectivity index is 1.41. The lowest BCUT2D eigenvalue weighted by molar-refractivity contribution is 0.0257. The minimum atomic E-state index is -2.68. The Bertz CT molecular complexity index is 816. The number of alkyl halides is 2. The number of hydrogen-bond donors (Lipinski definition) is 0. The Morgan fingerprint density at radius 3 is 2.78 bits per heavy atom. The monoisotopic (exact) mass is 376 g/mol. The fourth-order valence-electron chi connectivity index (χ4n) is 3.42. The van der Waals surface area contributed by atoms with Crippen LogP contribution in [0.4, 0.5) is 14.5 Å². The lowest BCUT2D eigenvalue weighted by atomic mass is 10.2. The lowest BCUT2D eigenvalue weighted by Crippen LogP contribution is -2.26. The first-order chi connectivity index (χ1) is 12.9. The van der Waals surface area contributed by atoms with E-state index in [1.54, 1.807) is 31.3 Å². The average Bonchev–Trinajstić information content (AvgIpc) is 3.35. The van der Waals surface area contributed by atoms with Crippen LogP contribution in [0, 0.1) is 12.8 Å². The van der Waals surface area contributed by atoms with E-state index in [4.69, 9.17) is 9.47 Å². The van der Waals surface area contributed by atoms with Crippen LogP contribution in [0.25, 0.3) is 0 Å². The summed E-state index contributed by atoms with van der Waals surface area (Å²) in [5.74, 6) is -0.315. The van der Waals surface area contributed by atoms with Crippen LogP contribution in [0.15, 0.2) is 24.5 Å². The molecule has 6 nitrogen and oxygen atoms in total. The summed E-state index contributed by atoms with van der Waals surface area (Å²) in [6.07, 6.45) is 4.12. The first-order valence-electron chi connectivity index (χ1n) is 9.04. The van der Waals surface area contributed by atoms with E-state index in [-0.39, 0.29) is 19.5 Å². The normalized spacial score (nSPS) is 23.3. The van der Waals surface area contributed by atoms with Crippen LogP contribution in [-0.4, -0.2) is 47.7 Å². The first kappa shape index (κ1) is 17.9. The molecule has 0 amide bonds. The van der Waals surface area contributed by atoms with Gasteiger partial charge in [0.1, 0.15) is 17.3 Å². The fourth-order valence-corrected chi connectivity index (χ4v) is 3.42. The number of ether oxygens (including phenoxy) is 2. The van der Waals surface area contributed by atoms with Gasteiger partial charge in [-0.2, -0.15) is 4.98 Å². The number of pyridine rings is 1. The van der Waals surface area contributed by atoms with Crippen molar-refractivity contribution in [2.24, 2.45) is 5.92 Å². The van der Waals surface area contributed by atoms with E-state index in [2.05, 4.69) is 15.0 Å². The van der Waals surface area contributed by atoms with Gasteiger partial charge in [0.15, 0.2) is 0 Å². The molecule has 2 fully saturated rings. The summed E-state index contributed by atoms with van der Waals surface area (Å²) in [7, 11) is 1.61. The molecule has 1 saturated heterocycles. The molecule has 4 rings (SSSR count). The van der Waals surface area contributed by atoms with E-state index < -0.39 is 5.92 Å². The highest BCUT2D eigenvalue weighted by Gasteiger charge is 2.41. The van der Waals surface area contributed by atoms with Gasteiger partial charge in [-0.1, -0.05) is 0 Å². The van der Waals surface area contributed by atoms with E-state index in [0.29, 0.717) is 35.8 Å². The quantitative estimate of drug-likeness (QED) is 0.772. The molecule has 0 spiro atoms. The van der Waals surface area contributed by atoms with E-state index in [0.717, 1.165) is 17.9 Å². The number of rotatable bonds is 6. The zero-order valence-corrected chi connectivity index (χ0v) is 15.4. The van der Waals surface area contributed by atoms with Crippen molar-refractivity contribution >= 4 is 5.69 Å². The Kier molecular flexibility index (Phi) is 4.57. The molecule has 27 heavy (non-hydrogen) atoms. The second-order valence-corrected chi connectivity index (χ2v) is 7.17. The van der Waals surface area contributed by atoms with Gasteiger partial charge in [0.25, 0.3) is 5.92 Å². The maximum Gasteiger partial charge on any atom is 0.266 e. The van der Waals surface area contributed by atoms with Crippen molar-refractivity contribution in [3.05, 3.63) is 36.0 Å². The van der Waals surface area contributed by atoms with Crippen LogP contribution < -0.4 is 14.4 Å². The van der Waals surface area contributed by atoms with Crippen molar-refractivity contribution in [1.82, 2.24) is 15.0 Å². The second kappa shape index (κ2) is 6.90. The Morgan fingerprint density at radius 2 is 2.11 bits per heavy atom. The molecule has 0 bridgehead atoms. The van der Waals surface area contributed by atoms with Crippen LogP contribution in [0.1, 0.15) is 30.3 Å². The van der Waals surface area contributed by atoms with Crippen molar-refractivity contribution in [1.29, 1.82) is 0 Å². The molecule has 1 aliphatic heterocycles. The topological polar surface area (TPSA) is 60.4 Å². The number of nitrogens with zero attached hydrogens (tertiary/aromatic N) is 4. The third-order valence-electron chi connectivity index (χ3n) is 5.10. The number of hydrogen-bond acceptors (Lipinski definition) is 6. The SMILES string of the molecule is COc1ccc([C@H]2C[C@@H]2COc2nc(C)ncc2N2CCC(F)(F)C2)nc1. The van der Waals surface area contributed by atoms with Crippen LogP contribution in [-0.2, 0) is 0 Å². The minimum absolute atomic E-state index is 0.159. The molecule has 0 aromatic carbocycles. The van der Waals surface area contributed by atoms with Gasteiger partial charge in [-0.05, 0) is 25.5 Å². The lowest BCUT2D eigenvalue weighted by Gasteiger charge is -2.20. The summed E-state index contributed by atoms with van der Waals surface area (Å²) < 4.78 is 38.2. The highest BCUT2D eigenvalue weighted by atomic mass is 19.3. The Hall–Kier alpha value is -2.51. The van der Waals surface area contributed by atoms with Gasteiger partial charge in [-0.15, -0.1) is 0 Å². The maximum absolute atomic E-state index is 13.6. The predicted octanol–water partition coefficient (Wildman–Crippen LogP) is 3.22. The molecule has 0 radical (unpaired) electrons. The second-order valence-electron chi connectivity index (χ2n) is 7.17. The van der Waals surface area contributed by atoms with Crippen LogP contribution in [0.2, 0.25) is 0 Å². The third kappa shape index (κ3) is 3.94. The number of anilines is 1. The summed E-state index contributed by atoms with van der Waals surface area (Å²) in [6, 6.07) is 3.87. The van der Waals surface area contributed by atoms with Crippen LogP contribution in [0.3, 0.4) is 0 Å². The number of halogens is 2. The van der Waals surface area contributed by atoms with Crippen molar-refractivity contribution in [3.63, 3.8) is 0 Å². The van der Waals surface area contributed by atoms with Crippen molar-refractivity contribution < 1.29 is 18.3 Å². The Labute approximate surface area is 156 Å². The molecule has 1 saturated carbocycles. The van der Waals surface area contributed by atoms with Gasteiger partial charge in [0.2, 0.25) is 5.88 Å². The number of aryl methyl sites for hydroxylation is 1. The molecule has 8 heteroatoms. The molecule has 0 N–H and O–H groups in total. The molecule has 2 atom stereocenters. The van der Waals surface area contributed by atoms with Gasteiger partial charge >= 0.3 is 0 Å². The van der Waals surface area contributed by atoms with E-state index in [1.807, 2.05) is 12.1 Å². The molecule has 1 aliphatic carbocycles. The van der Waals surface area contributed by atoms with E-state index in [9.17, 15) is 8.78 Å². The fraction of sp³-hybridized carbons (Fsp3) is 0.526. The summed E-state index contributed by atoms with van der Waals surface area (Å²) in [6.45, 7) is 2.19. The minimum Gasteiger partial charge on any atom is -0.495 e. The molecule has 0 unspecified atom stereocenters. The molecule has 2 aromatic heterocycles. The van der Waals surface area contributed by atoms with Crippen LogP contribution in [0.5, 0.6) is 11.6 Å². The summed E-state index contributed by atoms with van der Waals surface area (Å²) >= 11 is 0. The van der Waals surface area contributed by atoms with Gasteiger partial charge < -0.3 is 14.4 Å². The number of aromatic nitrogens is 3. The summed E-state index contributed by atoms with van der Waals surface area (Å²) in [4.78, 5) is 14.5. The molecular formula is C19H22F2N4O2. The third-order valence-corrected chi connectivity index (χ3v) is 5.10. The Morgan fingerprint density at radius 1 is 1.26 bits per heavy atom. The maximum atomic E-state index is 13.6. The first-order valence-corrected chi connectivity index (χ1v) is 9.04. The van der Waals surface area contributed by atoms with Gasteiger partial charge in [0, 0.05) is 30.5 Å². The largest absolute Gasteiger partial charge is 0.495 e. The summed E-state index contributed by atoms with van der Waals surface area (Å²) in [5, 5.41) is 0. The van der Waals surface area contributed by atoms with Crippen molar-refractivity contribution in [3.8, 4) is 11.6 Å². The summed E-state index contributed by atoms with van der Waals surface area (Å²) in [5.41, 5.74) is 1.56. The van der Waals surface area contributed by atoms with Crippen molar-refractivity contribution in [2.75, 3.05) is 31.7 Å². The highest BCUT2D eigenvalue weighted by molar-refractivity contribution is 5.54. The molecule has 3 heterocycles. The van der Waals surface area contributed by atoms with Gasteiger partial charge in [0.05, 0.1) is 32.7 Å². The van der Waals surface area contributed by atoms with Crippen molar-refractivity contribution in [2.45, 2.75) is 31.6 Å². The molecule has 2 aliphatic rings. The van der Waals surface area contributed by atoms with E-state index in [1.165, 1.54) is 0 Å². The van der Waals surface area contributed by atoms with E-state index >= 15 is 0 Å². The molecular weight excluding hydrogens is 354 g/mol.